The lowest BCUT2D eigenvalue weighted by atomic mass is 9.72. The normalized spacial score (nSPS) is 25.1. The van der Waals surface area contributed by atoms with Gasteiger partial charge in [0.2, 0.25) is 0 Å². The molecule has 0 radical (unpaired) electrons. The molecule has 3 aromatic carbocycles. The Morgan fingerprint density at radius 3 is 2.03 bits per heavy atom. The van der Waals surface area contributed by atoms with Gasteiger partial charge in [-0.15, -0.1) is 0 Å². The Labute approximate surface area is 186 Å². The summed E-state index contributed by atoms with van der Waals surface area (Å²) in [6, 6.07) is 31.4. The maximum absolute atomic E-state index is 6.80. The van der Waals surface area contributed by atoms with E-state index in [2.05, 4.69) is 96.8 Å². The molecule has 0 spiro atoms. The first kappa shape index (κ1) is 20.5. The summed E-state index contributed by atoms with van der Waals surface area (Å²) >= 11 is 0. The van der Waals surface area contributed by atoms with Crippen LogP contribution in [-0.2, 0) is 17.8 Å². The van der Waals surface area contributed by atoms with Crippen molar-refractivity contribution in [2.45, 2.75) is 50.9 Å². The van der Waals surface area contributed by atoms with Crippen molar-refractivity contribution in [1.29, 1.82) is 0 Å². The minimum Gasteiger partial charge on any atom is -0.372 e. The van der Waals surface area contributed by atoms with Crippen LogP contribution < -0.4 is 0 Å². The molecule has 3 aromatic rings. The third kappa shape index (κ3) is 4.33. The molecule has 2 bridgehead atoms. The van der Waals surface area contributed by atoms with E-state index in [1.807, 2.05) is 0 Å². The number of fused-ring (bicyclic) bond motifs is 3. The predicted molar refractivity (Wildman–Crippen MR) is 127 cm³/mol. The fraction of sp³-hybridized carbons (Fsp3) is 0.379. The smallest absolute Gasteiger partial charge is 0.0773 e. The van der Waals surface area contributed by atoms with Crippen LogP contribution >= 0.6 is 0 Å². The van der Waals surface area contributed by atoms with Gasteiger partial charge in [0.1, 0.15) is 0 Å². The van der Waals surface area contributed by atoms with Gasteiger partial charge in [-0.2, -0.15) is 0 Å². The molecule has 6 rings (SSSR count). The second-order valence-electron chi connectivity index (χ2n) is 9.11. The van der Waals surface area contributed by atoms with Crippen LogP contribution in [0.1, 0.15) is 47.9 Å². The van der Waals surface area contributed by atoms with Gasteiger partial charge in [-0.25, -0.2) is 0 Å². The summed E-state index contributed by atoms with van der Waals surface area (Å²) in [5, 5.41) is 0. The molecule has 3 saturated heterocycles. The second kappa shape index (κ2) is 9.38. The summed E-state index contributed by atoms with van der Waals surface area (Å²) in [5.41, 5.74) is 5.48. The Morgan fingerprint density at radius 1 is 0.806 bits per heavy atom. The SMILES string of the molecule is CCc1cccc(CO[C@@H]2C3CCN(CC3)[C@@H]2C(c2ccccc2)c2ccccc2)c1. The average molecular weight is 412 g/mol. The largest absolute Gasteiger partial charge is 0.372 e. The predicted octanol–water partition coefficient (Wildman–Crippen LogP) is 6.06. The molecule has 3 aliphatic rings. The maximum Gasteiger partial charge on any atom is 0.0773 e. The van der Waals surface area contributed by atoms with Gasteiger partial charge in [-0.05, 0) is 60.5 Å². The van der Waals surface area contributed by atoms with Crippen LogP contribution in [0.25, 0.3) is 0 Å². The Balaban J connectivity index is 1.47. The molecule has 3 heterocycles. The van der Waals surface area contributed by atoms with Crippen molar-refractivity contribution in [2.24, 2.45) is 5.92 Å². The molecule has 0 saturated carbocycles. The Bertz CT molecular complexity index is 923. The fourth-order valence-corrected chi connectivity index (χ4v) is 5.71. The van der Waals surface area contributed by atoms with Gasteiger partial charge in [-0.1, -0.05) is 91.9 Å². The van der Waals surface area contributed by atoms with E-state index in [0.717, 1.165) is 6.42 Å². The highest BCUT2D eigenvalue weighted by atomic mass is 16.5. The van der Waals surface area contributed by atoms with Crippen molar-refractivity contribution >= 4 is 0 Å². The fourth-order valence-electron chi connectivity index (χ4n) is 5.71. The van der Waals surface area contributed by atoms with Gasteiger partial charge in [0.05, 0.1) is 12.7 Å². The van der Waals surface area contributed by atoms with Crippen molar-refractivity contribution in [1.82, 2.24) is 4.90 Å². The lowest BCUT2D eigenvalue weighted by Crippen LogP contribution is -2.60. The van der Waals surface area contributed by atoms with Gasteiger partial charge in [-0.3, -0.25) is 4.90 Å². The zero-order valence-corrected chi connectivity index (χ0v) is 18.5. The molecule has 3 fully saturated rings. The standard InChI is InChI=1S/C29H33NO/c1-2-22-10-9-11-23(20-22)21-31-29-26-16-18-30(19-17-26)28(29)27(24-12-5-3-6-13-24)25-14-7-4-8-15-25/h3-15,20,26-29H,2,16-19,21H2,1H3/t28-,29-/m1/s1. The number of rotatable bonds is 7. The third-order valence-electron chi connectivity index (χ3n) is 7.30. The zero-order valence-electron chi connectivity index (χ0n) is 18.5. The zero-order chi connectivity index (χ0) is 21.0. The number of piperidine rings is 3. The molecule has 160 valence electrons. The highest BCUT2D eigenvalue weighted by molar-refractivity contribution is 5.36. The number of aryl methyl sites for hydroxylation is 1. The summed E-state index contributed by atoms with van der Waals surface area (Å²) in [7, 11) is 0. The van der Waals surface area contributed by atoms with Gasteiger partial charge < -0.3 is 4.74 Å². The maximum atomic E-state index is 6.80. The molecule has 0 aliphatic carbocycles. The van der Waals surface area contributed by atoms with Crippen LogP contribution in [0.3, 0.4) is 0 Å². The molecule has 0 unspecified atom stereocenters. The Morgan fingerprint density at radius 2 is 1.42 bits per heavy atom. The van der Waals surface area contributed by atoms with E-state index in [-0.39, 0.29) is 6.10 Å². The first-order chi connectivity index (χ1) is 15.3. The van der Waals surface area contributed by atoms with Crippen molar-refractivity contribution in [3.63, 3.8) is 0 Å². The lowest BCUT2D eigenvalue weighted by Gasteiger charge is -2.53. The molecular weight excluding hydrogens is 378 g/mol. The molecule has 2 nitrogen and oxygen atoms in total. The molecule has 2 atom stereocenters. The minimum absolute atomic E-state index is 0.262. The minimum atomic E-state index is 0.262. The van der Waals surface area contributed by atoms with E-state index in [1.165, 1.54) is 48.2 Å². The van der Waals surface area contributed by atoms with Gasteiger partial charge >= 0.3 is 0 Å². The second-order valence-corrected chi connectivity index (χ2v) is 9.11. The first-order valence-corrected chi connectivity index (χ1v) is 11.9. The number of nitrogens with zero attached hydrogens (tertiary/aromatic N) is 1. The molecule has 0 amide bonds. The highest BCUT2D eigenvalue weighted by Crippen LogP contribution is 2.43. The molecule has 2 heteroatoms. The molecule has 31 heavy (non-hydrogen) atoms. The molecule has 0 N–H and O–H groups in total. The monoisotopic (exact) mass is 411 g/mol. The van der Waals surface area contributed by atoms with Crippen LogP contribution in [-0.4, -0.2) is 30.1 Å². The lowest BCUT2D eigenvalue weighted by molar-refractivity contribution is -0.120. The van der Waals surface area contributed by atoms with Gasteiger partial charge in [0.15, 0.2) is 0 Å². The van der Waals surface area contributed by atoms with E-state index in [1.54, 1.807) is 0 Å². The van der Waals surface area contributed by atoms with Crippen molar-refractivity contribution < 1.29 is 4.74 Å². The van der Waals surface area contributed by atoms with Crippen molar-refractivity contribution in [2.75, 3.05) is 13.1 Å². The van der Waals surface area contributed by atoms with Crippen molar-refractivity contribution in [3.05, 3.63) is 107 Å². The molecule has 0 aromatic heterocycles. The van der Waals surface area contributed by atoms with E-state index in [9.17, 15) is 0 Å². The summed E-state index contributed by atoms with van der Waals surface area (Å²) in [4.78, 5) is 2.71. The van der Waals surface area contributed by atoms with E-state index >= 15 is 0 Å². The van der Waals surface area contributed by atoms with E-state index in [0.29, 0.717) is 24.5 Å². The molecular formula is C29H33NO. The summed E-state index contributed by atoms with van der Waals surface area (Å²) < 4.78 is 6.80. The number of ether oxygens (including phenoxy) is 1. The van der Waals surface area contributed by atoms with Crippen LogP contribution in [0.4, 0.5) is 0 Å². The van der Waals surface area contributed by atoms with Crippen LogP contribution in [0.15, 0.2) is 84.9 Å². The van der Waals surface area contributed by atoms with Gasteiger partial charge in [0, 0.05) is 12.0 Å². The highest BCUT2D eigenvalue weighted by Gasteiger charge is 2.47. The number of hydrogen-bond acceptors (Lipinski definition) is 2. The summed E-state index contributed by atoms with van der Waals surface area (Å²) in [5.74, 6) is 0.983. The summed E-state index contributed by atoms with van der Waals surface area (Å²) in [6.45, 7) is 5.30. The van der Waals surface area contributed by atoms with Crippen LogP contribution in [0.5, 0.6) is 0 Å². The average Bonchev–Trinajstić information content (AvgIpc) is 2.85. The number of benzene rings is 3. The van der Waals surface area contributed by atoms with Crippen molar-refractivity contribution in [3.8, 4) is 0 Å². The first-order valence-electron chi connectivity index (χ1n) is 11.9. The summed E-state index contributed by atoms with van der Waals surface area (Å²) in [6.07, 6.45) is 3.84. The topological polar surface area (TPSA) is 12.5 Å². The van der Waals surface area contributed by atoms with Gasteiger partial charge in [0.25, 0.3) is 0 Å². The van der Waals surface area contributed by atoms with Crippen LogP contribution in [0.2, 0.25) is 0 Å². The van der Waals surface area contributed by atoms with E-state index < -0.39 is 0 Å². The quantitative estimate of drug-likeness (QED) is 0.468. The Kier molecular flexibility index (Phi) is 6.20. The molecule has 3 aliphatic heterocycles. The van der Waals surface area contributed by atoms with Crippen LogP contribution in [0, 0.1) is 5.92 Å². The van der Waals surface area contributed by atoms with E-state index in [4.69, 9.17) is 4.74 Å². The third-order valence-corrected chi connectivity index (χ3v) is 7.30. The number of hydrogen-bond donors (Lipinski definition) is 0. The Hall–Kier alpha value is -2.42.